The van der Waals surface area contributed by atoms with Crippen LogP contribution in [0.2, 0.25) is 0 Å². The zero-order valence-corrected chi connectivity index (χ0v) is 45.0. The molecule has 5 N–H and O–H groups in total. The number of carbonyl (C=O) groups is 3. The number of thiazole rings is 1. The highest BCUT2D eigenvalue weighted by molar-refractivity contribution is 7.13. The number of aliphatic hydroxyl groups excluding tert-OH is 1. The molecular weight excluding hydrogens is 989 g/mol. The van der Waals surface area contributed by atoms with Crippen LogP contribution in [0.15, 0.2) is 95.9 Å². The number of aryl methyl sites for hydroxylation is 1. The molecule has 2 aliphatic heterocycles. The van der Waals surface area contributed by atoms with Crippen molar-refractivity contribution in [3.8, 4) is 16.3 Å². The average Bonchev–Trinajstić information content (AvgIpc) is 4.18. The van der Waals surface area contributed by atoms with E-state index in [1.807, 2.05) is 69.6 Å². The third-order valence-corrected chi connectivity index (χ3v) is 14.5. The lowest BCUT2D eigenvalue weighted by Crippen LogP contribution is -2.57. The van der Waals surface area contributed by atoms with Crippen molar-refractivity contribution in [2.75, 3.05) is 75.9 Å². The Bertz CT molecular complexity index is 3030. The van der Waals surface area contributed by atoms with E-state index in [1.54, 1.807) is 54.1 Å². The molecule has 2 aromatic carbocycles. The zero-order chi connectivity index (χ0) is 54.1. The Kier molecular flexibility index (Phi) is 17.8. The number of likely N-dealkylation sites (tertiary alicyclic amines) is 1. The number of anilines is 3. The molecule has 0 bridgehead atoms. The molecule has 8 rings (SSSR count). The van der Waals surface area contributed by atoms with Gasteiger partial charge in [0.1, 0.15) is 23.1 Å². The third kappa shape index (κ3) is 13.6. The molecule has 0 saturated carbocycles. The molecular formula is C55H70N12O8S. The first-order valence-corrected chi connectivity index (χ1v) is 26.6. The van der Waals surface area contributed by atoms with Crippen LogP contribution in [0.1, 0.15) is 64.4 Å². The highest BCUT2D eigenvalue weighted by Crippen LogP contribution is 2.29. The first kappa shape index (κ1) is 55.4. The van der Waals surface area contributed by atoms with Gasteiger partial charge in [-0.3, -0.25) is 24.1 Å². The maximum Gasteiger partial charge on any atom is 0.278 e. The molecule has 404 valence electrons. The standard InChI is InChI=1S/C55H70N12O8S/c1-8-21-66-51(71)42-33-57-53(62-49(42)67(66)45-11-9-10-44(60-45)55(6,7)73)59-39-16-18-40(19-17-39)64-24-22-63(23-25-64)26-28-75-30-29-74-27-20-46(69)61-48(54(3,4)5)52(72)65-34-41(68)31-43(65)50(70)56-32-37-12-14-38(15-13-37)47-36(2)58-35-76-47/h8-19,33,35,41,43,48,68,73H,1,20-32,34H2,2-7H3,(H,56,70)(H,61,69)(H,57,59,62)/t41?,43?,48-/m1/s1. The van der Waals surface area contributed by atoms with Crippen molar-refractivity contribution in [3.63, 3.8) is 0 Å². The summed E-state index contributed by atoms with van der Waals surface area (Å²) in [6.07, 6.45) is 2.42. The lowest BCUT2D eigenvalue weighted by atomic mass is 9.85. The molecule has 76 heavy (non-hydrogen) atoms. The van der Waals surface area contributed by atoms with E-state index >= 15 is 0 Å². The third-order valence-electron chi connectivity index (χ3n) is 13.5. The quantitative estimate of drug-likeness (QED) is 0.0449. The molecule has 21 heteroatoms. The van der Waals surface area contributed by atoms with Crippen molar-refractivity contribution in [2.24, 2.45) is 5.41 Å². The monoisotopic (exact) mass is 1060 g/mol. The number of β-amino-alcohol motifs (C(OH)–C–C–N with tert-alkyl or cyclic N) is 1. The Morgan fingerprint density at radius 3 is 2.32 bits per heavy atom. The number of hydrogen-bond donors (Lipinski definition) is 5. The maximum atomic E-state index is 14.0. The highest BCUT2D eigenvalue weighted by atomic mass is 32.1. The number of aromatic nitrogens is 6. The van der Waals surface area contributed by atoms with Crippen molar-refractivity contribution in [2.45, 2.75) is 91.3 Å². The number of nitrogens with one attached hydrogen (secondary N) is 3. The van der Waals surface area contributed by atoms with Crippen LogP contribution in [0.4, 0.5) is 17.3 Å². The van der Waals surface area contributed by atoms with Crippen LogP contribution in [0.3, 0.4) is 0 Å². The molecule has 4 aromatic heterocycles. The first-order valence-electron chi connectivity index (χ1n) is 25.7. The minimum atomic E-state index is -1.19. The number of aliphatic hydroxyl groups is 2. The number of allylic oxidation sites excluding steroid dienone is 1. The van der Waals surface area contributed by atoms with Gasteiger partial charge in [-0.15, -0.1) is 17.9 Å². The highest BCUT2D eigenvalue weighted by Gasteiger charge is 2.44. The van der Waals surface area contributed by atoms with Gasteiger partial charge in [0.25, 0.3) is 5.56 Å². The molecule has 0 spiro atoms. The van der Waals surface area contributed by atoms with Crippen molar-refractivity contribution < 1.29 is 34.1 Å². The lowest BCUT2D eigenvalue weighted by Gasteiger charge is -2.36. The minimum Gasteiger partial charge on any atom is -0.391 e. The van der Waals surface area contributed by atoms with Crippen molar-refractivity contribution in [1.82, 2.24) is 49.7 Å². The van der Waals surface area contributed by atoms with E-state index in [2.05, 4.69) is 59.4 Å². The molecule has 2 unspecified atom stereocenters. The van der Waals surface area contributed by atoms with Gasteiger partial charge in [0, 0.05) is 76.2 Å². The van der Waals surface area contributed by atoms with E-state index in [4.69, 9.17) is 14.5 Å². The first-order chi connectivity index (χ1) is 36.4. The zero-order valence-electron chi connectivity index (χ0n) is 44.2. The van der Waals surface area contributed by atoms with Crippen LogP contribution in [0, 0.1) is 12.3 Å². The molecule has 3 amide bonds. The van der Waals surface area contributed by atoms with Gasteiger partial charge in [-0.05, 0) is 73.7 Å². The van der Waals surface area contributed by atoms with Crippen LogP contribution < -0.4 is 26.4 Å². The number of pyridine rings is 1. The SMILES string of the molecule is C=CCn1c(=O)c2cnc(Nc3ccc(N4CCN(CCOCCOCCC(=O)N[C@H](C(=O)N5CC(O)CC5C(=O)NCc5ccc(-c6scnc6C)cc5)C(C)(C)C)CC4)cc3)nc2n1-c1cccc(C(C)(C)O)n1. The summed E-state index contributed by atoms with van der Waals surface area (Å²) in [7, 11) is 0. The van der Waals surface area contributed by atoms with Crippen LogP contribution >= 0.6 is 11.3 Å². The number of rotatable bonds is 22. The second kappa shape index (κ2) is 24.4. The van der Waals surface area contributed by atoms with Crippen molar-refractivity contribution in [3.05, 3.63) is 118 Å². The molecule has 2 aliphatic rings. The molecule has 6 heterocycles. The van der Waals surface area contributed by atoms with Gasteiger partial charge in [0.15, 0.2) is 11.5 Å². The van der Waals surface area contributed by atoms with E-state index in [0.717, 1.165) is 65.8 Å². The molecule has 20 nitrogen and oxygen atoms in total. The fraction of sp³-hybridized carbons (Fsp3) is 0.455. The topological polar surface area (TPSA) is 234 Å². The van der Waals surface area contributed by atoms with Crippen LogP contribution in [-0.2, 0) is 42.5 Å². The number of carbonyl (C=O) groups excluding carboxylic acids is 3. The van der Waals surface area contributed by atoms with Gasteiger partial charge in [-0.25, -0.2) is 24.3 Å². The van der Waals surface area contributed by atoms with E-state index in [-0.39, 0.29) is 56.5 Å². The number of ether oxygens (including phenoxy) is 2. The Morgan fingerprint density at radius 1 is 0.921 bits per heavy atom. The number of benzene rings is 2. The van der Waals surface area contributed by atoms with Gasteiger partial charge in [-0.2, -0.15) is 4.98 Å². The Balaban J connectivity index is 0.726. The number of nitrogens with zero attached hydrogens (tertiary/aromatic N) is 9. The molecule has 6 aromatic rings. The predicted molar refractivity (Wildman–Crippen MR) is 293 cm³/mol. The molecule has 2 saturated heterocycles. The van der Waals surface area contributed by atoms with E-state index in [9.17, 15) is 29.4 Å². The normalized spacial score (nSPS) is 16.7. The van der Waals surface area contributed by atoms with Gasteiger partial charge in [-0.1, -0.05) is 57.2 Å². The van der Waals surface area contributed by atoms with E-state index < -0.39 is 35.1 Å². The Hall–Kier alpha value is -6.88. The van der Waals surface area contributed by atoms with Crippen LogP contribution in [0.25, 0.3) is 27.3 Å². The summed E-state index contributed by atoms with van der Waals surface area (Å²) in [5.41, 5.74) is 5.28. The van der Waals surface area contributed by atoms with Crippen molar-refractivity contribution >= 4 is 57.4 Å². The predicted octanol–water partition coefficient (Wildman–Crippen LogP) is 4.92. The van der Waals surface area contributed by atoms with E-state index in [1.165, 1.54) is 15.8 Å². The minimum absolute atomic E-state index is 0.00357. The van der Waals surface area contributed by atoms with Crippen molar-refractivity contribution in [1.29, 1.82) is 0 Å². The van der Waals surface area contributed by atoms with Gasteiger partial charge in [0.05, 0.1) is 60.9 Å². The average molecular weight is 1060 g/mol. The van der Waals surface area contributed by atoms with Gasteiger partial charge < -0.3 is 45.4 Å². The maximum absolute atomic E-state index is 14.0. The smallest absolute Gasteiger partial charge is 0.278 e. The number of amides is 3. The Labute approximate surface area is 446 Å². The Morgan fingerprint density at radius 2 is 1.64 bits per heavy atom. The van der Waals surface area contributed by atoms with Gasteiger partial charge >= 0.3 is 0 Å². The second-order valence-corrected chi connectivity index (χ2v) is 21.6. The molecule has 0 aliphatic carbocycles. The summed E-state index contributed by atoms with van der Waals surface area (Å²) < 4.78 is 14.7. The number of hydrogen-bond acceptors (Lipinski definition) is 16. The number of piperazine rings is 1. The summed E-state index contributed by atoms with van der Waals surface area (Å²) in [5, 5.41) is 30.7. The fourth-order valence-corrected chi connectivity index (χ4v) is 10.1. The number of fused-ring (bicyclic) bond motifs is 1. The fourth-order valence-electron chi connectivity index (χ4n) is 9.30. The van der Waals surface area contributed by atoms with E-state index in [0.29, 0.717) is 48.3 Å². The molecule has 2 fully saturated rings. The summed E-state index contributed by atoms with van der Waals surface area (Å²) in [4.78, 5) is 79.4. The molecule has 3 atom stereocenters. The second-order valence-electron chi connectivity index (χ2n) is 20.8. The van der Waals surface area contributed by atoms with Crippen LogP contribution in [-0.4, -0.2) is 151 Å². The summed E-state index contributed by atoms with van der Waals surface area (Å²) in [6, 6.07) is 19.4. The van der Waals surface area contributed by atoms with Crippen LogP contribution in [0.5, 0.6) is 0 Å². The largest absolute Gasteiger partial charge is 0.391 e. The molecule has 0 radical (unpaired) electrons. The lowest BCUT2D eigenvalue weighted by molar-refractivity contribution is -0.144. The van der Waals surface area contributed by atoms with Gasteiger partial charge in [0.2, 0.25) is 23.7 Å². The summed E-state index contributed by atoms with van der Waals surface area (Å²) in [5.74, 6) is -0.387. The summed E-state index contributed by atoms with van der Waals surface area (Å²) >= 11 is 1.57. The summed E-state index contributed by atoms with van der Waals surface area (Å²) in [6.45, 7) is 20.7.